The Balaban J connectivity index is 1.91. The Kier molecular flexibility index (Phi) is 6.52. The first-order valence-corrected chi connectivity index (χ1v) is 10.3. The number of ether oxygens (including phenoxy) is 1. The lowest BCUT2D eigenvalue weighted by Crippen LogP contribution is -2.52. The predicted octanol–water partition coefficient (Wildman–Crippen LogP) is 2.31. The topological polar surface area (TPSA) is 66.9 Å². The number of hydrogen-bond donors (Lipinski definition) is 0. The third-order valence-electron chi connectivity index (χ3n) is 3.54. The highest BCUT2D eigenvalue weighted by Gasteiger charge is 2.34. The molecule has 1 aromatic rings. The molecule has 1 aliphatic rings. The van der Waals surface area contributed by atoms with Crippen molar-refractivity contribution in [1.82, 2.24) is 9.21 Å². The summed E-state index contributed by atoms with van der Waals surface area (Å²) < 4.78 is 68.1. The Labute approximate surface area is 155 Å². The van der Waals surface area contributed by atoms with Crippen LogP contribution in [0.15, 0.2) is 20.1 Å². The maximum atomic E-state index is 12.5. The van der Waals surface area contributed by atoms with Gasteiger partial charge in [-0.2, -0.15) is 17.5 Å². The molecule has 1 aliphatic heterocycles. The third-order valence-corrected chi connectivity index (χ3v) is 7.53. The van der Waals surface area contributed by atoms with Crippen LogP contribution in [0.4, 0.5) is 13.2 Å². The zero-order valence-electron chi connectivity index (χ0n) is 13.1. The minimum atomic E-state index is -4.50. The highest BCUT2D eigenvalue weighted by molar-refractivity contribution is 9.11. The van der Waals surface area contributed by atoms with Crippen LogP contribution in [0.1, 0.15) is 6.92 Å². The van der Waals surface area contributed by atoms with Gasteiger partial charge in [0.15, 0.2) is 0 Å². The Morgan fingerprint density at radius 1 is 1.32 bits per heavy atom. The molecule has 1 unspecified atom stereocenters. The molecule has 0 aromatic carbocycles. The van der Waals surface area contributed by atoms with E-state index in [1.54, 1.807) is 6.07 Å². The van der Waals surface area contributed by atoms with Crippen LogP contribution in [0.5, 0.6) is 0 Å². The number of nitrogens with zero attached hydrogens (tertiary/aromatic N) is 2. The van der Waals surface area contributed by atoms with E-state index in [0.29, 0.717) is 3.79 Å². The van der Waals surface area contributed by atoms with Crippen LogP contribution in [0.3, 0.4) is 0 Å². The first-order valence-electron chi connectivity index (χ1n) is 7.23. The van der Waals surface area contributed by atoms with Crippen molar-refractivity contribution in [2.45, 2.75) is 23.4 Å². The van der Waals surface area contributed by atoms with Gasteiger partial charge in [-0.15, -0.1) is 11.3 Å². The van der Waals surface area contributed by atoms with Gasteiger partial charge in [0.2, 0.25) is 0 Å². The number of piperazine rings is 1. The van der Waals surface area contributed by atoms with Crippen LogP contribution in [0, 0.1) is 0 Å². The number of carbonyl (C=O) groups excluding carboxylic acids is 1. The van der Waals surface area contributed by atoms with Gasteiger partial charge in [-0.1, -0.05) is 0 Å². The molecule has 1 aromatic heterocycles. The minimum Gasteiger partial charge on any atom is -0.359 e. The maximum absolute atomic E-state index is 12.5. The second-order valence-corrected chi connectivity index (χ2v) is 9.98. The molecule has 2 heterocycles. The molecule has 1 amide bonds. The number of hydrogen-bond acceptors (Lipinski definition) is 5. The van der Waals surface area contributed by atoms with Gasteiger partial charge in [0.1, 0.15) is 16.9 Å². The number of sulfonamides is 1. The molecule has 0 bridgehead atoms. The second-order valence-electron chi connectivity index (χ2n) is 5.36. The Morgan fingerprint density at radius 3 is 2.40 bits per heavy atom. The number of alkyl halides is 3. The van der Waals surface area contributed by atoms with Crippen molar-refractivity contribution in [3.63, 3.8) is 0 Å². The molecule has 142 valence electrons. The van der Waals surface area contributed by atoms with E-state index >= 15 is 0 Å². The number of amides is 1. The first-order chi connectivity index (χ1) is 11.5. The zero-order chi connectivity index (χ0) is 18.8. The van der Waals surface area contributed by atoms with Crippen LogP contribution in [0.25, 0.3) is 0 Å². The lowest BCUT2D eigenvalue weighted by atomic mass is 10.3. The van der Waals surface area contributed by atoms with Crippen LogP contribution in [-0.4, -0.2) is 68.6 Å². The van der Waals surface area contributed by atoms with Gasteiger partial charge in [-0.25, -0.2) is 8.42 Å². The average Bonchev–Trinajstić information content (AvgIpc) is 2.98. The van der Waals surface area contributed by atoms with E-state index in [9.17, 15) is 26.4 Å². The lowest BCUT2D eigenvalue weighted by Gasteiger charge is -2.34. The Morgan fingerprint density at radius 2 is 1.92 bits per heavy atom. The maximum Gasteiger partial charge on any atom is 0.411 e. The van der Waals surface area contributed by atoms with Gasteiger partial charge in [0.05, 0.1) is 3.79 Å². The fourth-order valence-corrected chi connectivity index (χ4v) is 5.85. The molecular weight excluding hydrogens is 449 g/mol. The summed E-state index contributed by atoms with van der Waals surface area (Å²) in [6.45, 7) is 0.113. The molecule has 25 heavy (non-hydrogen) atoms. The zero-order valence-corrected chi connectivity index (χ0v) is 16.3. The number of rotatable bonds is 5. The van der Waals surface area contributed by atoms with Crippen molar-refractivity contribution < 1.29 is 31.1 Å². The van der Waals surface area contributed by atoms with Crippen molar-refractivity contribution in [2.75, 3.05) is 32.8 Å². The molecule has 1 fully saturated rings. The highest BCUT2D eigenvalue weighted by atomic mass is 79.9. The van der Waals surface area contributed by atoms with Crippen LogP contribution in [0.2, 0.25) is 0 Å². The summed E-state index contributed by atoms with van der Waals surface area (Å²) in [7, 11) is -3.64. The summed E-state index contributed by atoms with van der Waals surface area (Å²) in [4.78, 5) is 13.4. The van der Waals surface area contributed by atoms with Crippen LogP contribution in [-0.2, 0) is 19.6 Å². The fourth-order valence-electron chi connectivity index (χ4n) is 2.26. The van der Waals surface area contributed by atoms with Crippen LogP contribution >= 0.6 is 27.3 Å². The smallest absolute Gasteiger partial charge is 0.359 e. The van der Waals surface area contributed by atoms with Crippen LogP contribution < -0.4 is 0 Å². The molecule has 0 saturated carbocycles. The highest BCUT2D eigenvalue weighted by Crippen LogP contribution is 2.29. The average molecular weight is 465 g/mol. The van der Waals surface area contributed by atoms with Crippen molar-refractivity contribution >= 4 is 43.2 Å². The molecule has 2 rings (SSSR count). The predicted molar refractivity (Wildman–Crippen MR) is 88.8 cm³/mol. The second kappa shape index (κ2) is 7.91. The number of halogens is 4. The number of thiophene rings is 1. The van der Waals surface area contributed by atoms with Gasteiger partial charge in [-0.3, -0.25) is 4.79 Å². The van der Waals surface area contributed by atoms with E-state index < -0.39 is 34.8 Å². The minimum absolute atomic E-state index is 0.0790. The molecule has 0 spiro atoms. The first kappa shape index (κ1) is 20.6. The quantitative estimate of drug-likeness (QED) is 0.670. The molecule has 0 N–H and O–H groups in total. The number of carbonyl (C=O) groups is 1. The fraction of sp³-hybridized carbons (Fsp3) is 0.615. The largest absolute Gasteiger partial charge is 0.411 e. The molecule has 0 radical (unpaired) electrons. The van der Waals surface area contributed by atoms with E-state index in [1.165, 1.54) is 22.2 Å². The SMILES string of the molecule is CC(OCC(F)(F)F)C(=O)N1CCN(S(=O)(=O)c2ccc(Br)s2)CC1. The normalized spacial score (nSPS) is 18.4. The van der Waals surface area contributed by atoms with Crippen molar-refractivity contribution in [3.05, 3.63) is 15.9 Å². The lowest BCUT2D eigenvalue weighted by molar-refractivity contribution is -0.188. The van der Waals surface area contributed by atoms with E-state index in [2.05, 4.69) is 20.7 Å². The van der Waals surface area contributed by atoms with Crippen molar-refractivity contribution in [1.29, 1.82) is 0 Å². The summed E-state index contributed by atoms with van der Waals surface area (Å²) in [5.74, 6) is -0.583. The molecule has 1 saturated heterocycles. The van der Waals surface area contributed by atoms with Gasteiger partial charge in [0.25, 0.3) is 15.9 Å². The van der Waals surface area contributed by atoms with Crippen molar-refractivity contribution in [2.24, 2.45) is 0 Å². The third kappa shape index (κ3) is 5.39. The monoisotopic (exact) mass is 464 g/mol. The van der Waals surface area contributed by atoms with E-state index in [-0.39, 0.29) is 30.4 Å². The Hall–Kier alpha value is -0.690. The summed E-state index contributed by atoms with van der Waals surface area (Å²) in [5, 5.41) is 0. The summed E-state index contributed by atoms with van der Waals surface area (Å²) >= 11 is 4.30. The molecule has 6 nitrogen and oxygen atoms in total. The van der Waals surface area contributed by atoms with E-state index in [1.807, 2.05) is 0 Å². The molecular formula is C13H16BrF3N2O4S2. The Bertz CT molecular complexity index is 715. The summed E-state index contributed by atoms with van der Waals surface area (Å²) in [5.41, 5.74) is 0. The van der Waals surface area contributed by atoms with E-state index in [4.69, 9.17) is 0 Å². The standard InChI is InChI=1S/C13H16BrF3N2O4S2/c1-9(23-8-13(15,16)17)12(20)18-4-6-19(7-5-18)25(21,22)11-3-2-10(14)24-11/h2-3,9H,4-8H2,1H3. The summed E-state index contributed by atoms with van der Waals surface area (Å²) in [6.07, 6.45) is -5.74. The molecule has 0 aliphatic carbocycles. The summed E-state index contributed by atoms with van der Waals surface area (Å²) in [6, 6.07) is 3.13. The van der Waals surface area contributed by atoms with Gasteiger partial charge in [0, 0.05) is 26.2 Å². The van der Waals surface area contributed by atoms with Crippen molar-refractivity contribution in [3.8, 4) is 0 Å². The van der Waals surface area contributed by atoms with Gasteiger partial charge >= 0.3 is 6.18 Å². The molecule has 12 heteroatoms. The van der Waals surface area contributed by atoms with E-state index in [0.717, 1.165) is 11.3 Å². The van der Waals surface area contributed by atoms with Gasteiger partial charge < -0.3 is 9.64 Å². The molecule has 1 atom stereocenters. The van der Waals surface area contributed by atoms with Gasteiger partial charge in [-0.05, 0) is 35.0 Å².